The van der Waals surface area contributed by atoms with Crippen LogP contribution in [-0.2, 0) is 4.79 Å². The Bertz CT molecular complexity index is 1440. The van der Waals surface area contributed by atoms with Gasteiger partial charge in [-0.25, -0.2) is 4.79 Å². The molecule has 0 aromatic heterocycles. The van der Waals surface area contributed by atoms with Gasteiger partial charge in [-0.2, -0.15) is 0 Å². The van der Waals surface area contributed by atoms with Gasteiger partial charge in [0.1, 0.15) is 5.75 Å². The lowest BCUT2D eigenvalue weighted by molar-refractivity contribution is -0.128. The predicted molar refractivity (Wildman–Crippen MR) is 141 cm³/mol. The van der Waals surface area contributed by atoms with Crippen LogP contribution in [0.15, 0.2) is 144 Å². The third kappa shape index (κ3) is 3.66. The Balaban J connectivity index is 1.49. The molecule has 2 atom stereocenters. The third-order valence-electron chi connectivity index (χ3n) is 6.99. The lowest BCUT2D eigenvalue weighted by atomic mass is 9.64. The molecule has 4 aliphatic carbocycles. The number of benzene rings is 2. The highest BCUT2D eigenvalue weighted by Gasteiger charge is 2.39. The first-order valence-electron chi connectivity index (χ1n) is 11.8. The molecular formula is C32H25NO2. The summed E-state index contributed by atoms with van der Waals surface area (Å²) < 4.78 is 5.30. The minimum Gasteiger partial charge on any atom is -0.423 e. The van der Waals surface area contributed by atoms with Crippen LogP contribution >= 0.6 is 0 Å². The molecule has 0 saturated carbocycles. The number of anilines is 2. The lowest BCUT2D eigenvalue weighted by Gasteiger charge is -2.42. The average Bonchev–Trinajstić information content (AvgIpc) is 2.90. The molecule has 0 fully saturated rings. The Labute approximate surface area is 205 Å². The molecule has 0 aliphatic heterocycles. The highest BCUT2D eigenvalue weighted by atomic mass is 16.5. The van der Waals surface area contributed by atoms with Crippen LogP contribution in [0.5, 0.6) is 5.75 Å². The first-order chi connectivity index (χ1) is 17.1. The molecule has 2 unspecified atom stereocenters. The summed E-state index contributed by atoms with van der Waals surface area (Å²) in [6.07, 6.45) is 21.3. The summed E-state index contributed by atoms with van der Waals surface area (Å²) in [6.45, 7) is 5.57. The highest BCUT2D eigenvalue weighted by molar-refractivity contribution is 5.83. The zero-order valence-electron chi connectivity index (χ0n) is 19.5. The summed E-state index contributed by atoms with van der Waals surface area (Å²) in [4.78, 5) is 13.9. The zero-order valence-corrected chi connectivity index (χ0v) is 19.5. The van der Waals surface area contributed by atoms with Gasteiger partial charge in [0, 0.05) is 35.0 Å². The van der Waals surface area contributed by atoms with Crippen molar-refractivity contribution in [1.29, 1.82) is 0 Å². The lowest BCUT2D eigenvalue weighted by Crippen LogP contribution is -2.32. The fourth-order valence-corrected chi connectivity index (χ4v) is 5.33. The van der Waals surface area contributed by atoms with E-state index in [0.29, 0.717) is 11.7 Å². The molecule has 0 amide bonds. The van der Waals surface area contributed by atoms with Crippen molar-refractivity contribution in [2.24, 2.45) is 11.8 Å². The molecule has 2 aromatic rings. The smallest absolute Gasteiger partial charge is 0.335 e. The molecular weight excluding hydrogens is 430 g/mol. The van der Waals surface area contributed by atoms with Crippen molar-refractivity contribution in [3.05, 3.63) is 149 Å². The van der Waals surface area contributed by atoms with E-state index in [1.165, 1.54) is 33.9 Å². The average molecular weight is 456 g/mol. The fraction of sp³-hybridized carbons (Fsp3) is 0.0938. The Morgan fingerprint density at radius 3 is 2.14 bits per heavy atom. The summed E-state index contributed by atoms with van der Waals surface area (Å²) in [5.74, 6) is 0.664. The fourth-order valence-electron chi connectivity index (χ4n) is 5.33. The Kier molecular flexibility index (Phi) is 5.11. The Morgan fingerprint density at radius 1 is 0.800 bits per heavy atom. The SMILES string of the molecule is C=CC(=O)Oc1ccc(N(C2=C3C=CC4=CC=CC5=CC=C(C=C2)C3C45)c2ccc(C)cc2)cc1. The van der Waals surface area contributed by atoms with Gasteiger partial charge in [0.25, 0.3) is 0 Å². The number of nitrogens with zero attached hydrogens (tertiary/aromatic N) is 1. The normalized spacial score (nSPS) is 21.0. The maximum atomic E-state index is 11.6. The number of hydrogen-bond acceptors (Lipinski definition) is 3. The molecule has 3 nitrogen and oxygen atoms in total. The van der Waals surface area contributed by atoms with Gasteiger partial charge in [-0.3, -0.25) is 0 Å². The number of esters is 1. The van der Waals surface area contributed by atoms with E-state index < -0.39 is 5.97 Å². The second-order valence-corrected chi connectivity index (χ2v) is 9.11. The van der Waals surface area contributed by atoms with Gasteiger partial charge in [0.15, 0.2) is 0 Å². The van der Waals surface area contributed by atoms with Gasteiger partial charge in [-0.1, -0.05) is 72.9 Å². The van der Waals surface area contributed by atoms with E-state index in [2.05, 4.69) is 97.4 Å². The van der Waals surface area contributed by atoms with E-state index in [1.807, 2.05) is 24.3 Å². The van der Waals surface area contributed by atoms with Gasteiger partial charge in [-0.15, -0.1) is 0 Å². The van der Waals surface area contributed by atoms with E-state index in [-0.39, 0.29) is 5.92 Å². The first-order valence-corrected chi connectivity index (χ1v) is 11.8. The summed E-state index contributed by atoms with van der Waals surface area (Å²) in [5, 5.41) is 0. The largest absolute Gasteiger partial charge is 0.423 e. The summed E-state index contributed by atoms with van der Waals surface area (Å²) in [5.41, 5.74) is 9.82. The van der Waals surface area contributed by atoms with Gasteiger partial charge in [-0.05, 0) is 71.7 Å². The van der Waals surface area contributed by atoms with Crippen LogP contribution in [0.2, 0.25) is 0 Å². The van der Waals surface area contributed by atoms with E-state index >= 15 is 0 Å². The third-order valence-corrected chi connectivity index (χ3v) is 6.99. The van der Waals surface area contributed by atoms with E-state index in [0.717, 1.165) is 17.1 Å². The van der Waals surface area contributed by atoms with Crippen molar-refractivity contribution in [3.63, 3.8) is 0 Å². The number of carbonyl (C=O) groups excluding carboxylic acids is 1. The highest BCUT2D eigenvalue weighted by Crippen LogP contribution is 2.51. The van der Waals surface area contributed by atoms with E-state index in [1.54, 1.807) is 0 Å². The number of aryl methyl sites for hydroxylation is 1. The molecule has 0 saturated heterocycles. The van der Waals surface area contributed by atoms with Crippen LogP contribution in [0.3, 0.4) is 0 Å². The summed E-state index contributed by atoms with van der Waals surface area (Å²) >= 11 is 0. The number of ether oxygens (including phenoxy) is 1. The van der Waals surface area contributed by atoms with Crippen molar-refractivity contribution >= 4 is 17.3 Å². The molecule has 0 radical (unpaired) electrons. The van der Waals surface area contributed by atoms with Crippen molar-refractivity contribution in [3.8, 4) is 5.75 Å². The van der Waals surface area contributed by atoms with Crippen LogP contribution in [0.4, 0.5) is 11.4 Å². The number of rotatable bonds is 5. The van der Waals surface area contributed by atoms with Crippen molar-refractivity contribution in [1.82, 2.24) is 0 Å². The van der Waals surface area contributed by atoms with Crippen LogP contribution in [0, 0.1) is 18.8 Å². The van der Waals surface area contributed by atoms with E-state index in [9.17, 15) is 4.79 Å². The molecule has 170 valence electrons. The molecule has 6 rings (SSSR count). The number of allylic oxidation sites excluding steroid dienone is 13. The van der Waals surface area contributed by atoms with Gasteiger partial charge in [0.05, 0.1) is 0 Å². The number of hydrogen-bond donors (Lipinski definition) is 0. The maximum Gasteiger partial charge on any atom is 0.335 e. The molecule has 2 aromatic carbocycles. The van der Waals surface area contributed by atoms with E-state index in [4.69, 9.17) is 4.74 Å². The predicted octanol–water partition coefficient (Wildman–Crippen LogP) is 7.21. The van der Waals surface area contributed by atoms with Crippen molar-refractivity contribution in [2.45, 2.75) is 6.92 Å². The second kappa shape index (κ2) is 8.44. The van der Waals surface area contributed by atoms with Crippen molar-refractivity contribution < 1.29 is 9.53 Å². The van der Waals surface area contributed by atoms with Gasteiger partial charge in [0.2, 0.25) is 0 Å². The minimum atomic E-state index is -0.466. The molecule has 0 spiro atoms. The molecule has 4 aliphatic rings. The zero-order chi connectivity index (χ0) is 23.9. The molecule has 0 bridgehead atoms. The molecule has 0 heterocycles. The number of carbonyl (C=O) groups is 1. The Hall–Kier alpha value is -4.37. The van der Waals surface area contributed by atoms with Crippen LogP contribution in [0.25, 0.3) is 0 Å². The van der Waals surface area contributed by atoms with Gasteiger partial charge < -0.3 is 9.64 Å². The summed E-state index contributed by atoms with van der Waals surface area (Å²) in [6, 6.07) is 16.2. The molecule has 3 heteroatoms. The Morgan fingerprint density at radius 2 is 1.43 bits per heavy atom. The summed E-state index contributed by atoms with van der Waals surface area (Å²) in [7, 11) is 0. The topological polar surface area (TPSA) is 29.5 Å². The second-order valence-electron chi connectivity index (χ2n) is 9.11. The minimum absolute atomic E-state index is 0.289. The van der Waals surface area contributed by atoms with Crippen LogP contribution in [-0.4, -0.2) is 5.97 Å². The van der Waals surface area contributed by atoms with Crippen molar-refractivity contribution in [2.75, 3.05) is 4.90 Å². The van der Waals surface area contributed by atoms with Crippen LogP contribution < -0.4 is 9.64 Å². The standard InChI is InChI=1S/C32H25NO2/c1-3-30(34)35-27-17-15-26(16-18-27)33(25-13-7-21(2)8-14-25)29-20-12-24-10-9-22-5-4-6-23-11-19-28(29)32(24)31(22)23/h3-20,31-32H,1H2,2H3. The first kappa shape index (κ1) is 21.2. The maximum absolute atomic E-state index is 11.6. The monoisotopic (exact) mass is 455 g/mol. The van der Waals surface area contributed by atoms with Gasteiger partial charge >= 0.3 is 5.97 Å². The molecule has 35 heavy (non-hydrogen) atoms. The molecule has 0 N–H and O–H groups in total. The van der Waals surface area contributed by atoms with Crippen LogP contribution in [0.1, 0.15) is 5.56 Å². The quantitative estimate of drug-likeness (QED) is 0.271.